The lowest BCUT2D eigenvalue weighted by Crippen LogP contribution is -2.51. The Morgan fingerprint density at radius 2 is 1.65 bits per heavy atom. The molecule has 0 heterocycles. The summed E-state index contributed by atoms with van der Waals surface area (Å²) >= 11 is 5.94. The van der Waals surface area contributed by atoms with Gasteiger partial charge in [0.1, 0.15) is 12.6 Å². The van der Waals surface area contributed by atoms with Crippen LogP contribution < -0.4 is 9.62 Å². The second kappa shape index (κ2) is 10.6. The molecule has 0 bridgehead atoms. The van der Waals surface area contributed by atoms with Crippen LogP contribution in [0.2, 0.25) is 5.02 Å². The molecule has 0 aromatic heterocycles. The van der Waals surface area contributed by atoms with Gasteiger partial charge in [0, 0.05) is 18.1 Å². The number of hydrogen-bond donors (Lipinski definition) is 1. The third-order valence-electron chi connectivity index (χ3n) is 4.79. The van der Waals surface area contributed by atoms with E-state index in [1.165, 1.54) is 4.90 Å². The lowest BCUT2D eigenvalue weighted by molar-refractivity contribution is -0.139. The third-order valence-corrected chi connectivity index (χ3v) is 6.18. The predicted octanol–water partition coefficient (Wildman–Crippen LogP) is 2.97. The van der Waals surface area contributed by atoms with Gasteiger partial charge in [-0.05, 0) is 50.6 Å². The first-order chi connectivity index (χ1) is 14.5. The number of anilines is 1. The molecule has 0 radical (unpaired) electrons. The molecule has 2 aromatic rings. The Bertz CT molecular complexity index is 1010. The number of sulfonamides is 1. The zero-order valence-electron chi connectivity index (χ0n) is 18.1. The minimum Gasteiger partial charge on any atom is -0.355 e. The van der Waals surface area contributed by atoms with E-state index in [0.29, 0.717) is 17.3 Å². The number of carbonyl (C=O) groups is 2. The molecule has 0 aliphatic carbocycles. The van der Waals surface area contributed by atoms with Crippen LogP contribution in [0.4, 0.5) is 5.69 Å². The van der Waals surface area contributed by atoms with Gasteiger partial charge in [-0.2, -0.15) is 0 Å². The lowest BCUT2D eigenvalue weighted by atomic mass is 10.1. The summed E-state index contributed by atoms with van der Waals surface area (Å²) in [7, 11) is -3.73. The smallest absolute Gasteiger partial charge is 0.244 e. The molecule has 1 N–H and O–H groups in total. The highest BCUT2D eigenvalue weighted by Gasteiger charge is 2.29. The number of likely N-dealkylation sites (N-methyl/N-ethyl adjacent to an activating group) is 1. The second-order valence-corrected chi connectivity index (χ2v) is 9.67. The first-order valence-corrected chi connectivity index (χ1v) is 12.1. The predicted molar refractivity (Wildman–Crippen MR) is 124 cm³/mol. The van der Waals surface area contributed by atoms with Gasteiger partial charge in [-0.3, -0.25) is 13.9 Å². The van der Waals surface area contributed by atoms with Crippen molar-refractivity contribution in [3.8, 4) is 0 Å². The van der Waals surface area contributed by atoms with E-state index in [-0.39, 0.29) is 12.5 Å². The van der Waals surface area contributed by atoms with E-state index in [1.54, 1.807) is 62.4 Å². The Morgan fingerprint density at radius 1 is 1.06 bits per heavy atom. The SMILES string of the molecule is CCNC(=O)[C@H](C)N(Cc1ccc(Cl)cc1)C(=O)CN(c1ccc(C)cc1)S(C)(=O)=O. The second-order valence-electron chi connectivity index (χ2n) is 7.32. The molecule has 0 saturated carbocycles. The zero-order valence-corrected chi connectivity index (χ0v) is 19.7. The number of hydrogen-bond acceptors (Lipinski definition) is 4. The van der Waals surface area contributed by atoms with Crippen molar-refractivity contribution in [1.82, 2.24) is 10.2 Å². The van der Waals surface area contributed by atoms with Crippen molar-refractivity contribution in [3.05, 3.63) is 64.7 Å². The van der Waals surface area contributed by atoms with E-state index in [2.05, 4.69) is 5.32 Å². The number of halogens is 1. The molecule has 0 unspecified atom stereocenters. The molecule has 168 valence electrons. The molecule has 9 heteroatoms. The molecule has 2 aromatic carbocycles. The normalized spacial score (nSPS) is 12.2. The van der Waals surface area contributed by atoms with Gasteiger partial charge in [0.05, 0.1) is 11.9 Å². The summed E-state index contributed by atoms with van der Waals surface area (Å²) in [6, 6.07) is 13.0. The highest BCUT2D eigenvalue weighted by molar-refractivity contribution is 7.92. The van der Waals surface area contributed by atoms with Gasteiger partial charge in [-0.15, -0.1) is 0 Å². The first kappa shape index (κ1) is 24.7. The monoisotopic (exact) mass is 465 g/mol. The van der Waals surface area contributed by atoms with Crippen LogP contribution in [0.1, 0.15) is 25.0 Å². The molecule has 1 atom stereocenters. The Morgan fingerprint density at radius 3 is 2.16 bits per heavy atom. The molecule has 0 fully saturated rings. The summed E-state index contributed by atoms with van der Waals surface area (Å²) in [6.07, 6.45) is 1.05. The first-order valence-electron chi connectivity index (χ1n) is 9.89. The fourth-order valence-electron chi connectivity index (χ4n) is 3.02. The van der Waals surface area contributed by atoms with E-state index in [1.807, 2.05) is 6.92 Å². The van der Waals surface area contributed by atoms with Crippen LogP contribution in [0.5, 0.6) is 0 Å². The van der Waals surface area contributed by atoms with Gasteiger partial charge >= 0.3 is 0 Å². The number of aryl methyl sites for hydroxylation is 1. The number of amides is 2. The standard InChI is InChI=1S/C22H28ClN3O4S/c1-5-24-22(28)17(3)25(14-18-8-10-19(23)11-9-18)21(27)15-26(31(4,29)30)20-12-6-16(2)7-13-20/h6-13,17H,5,14-15H2,1-4H3,(H,24,28)/t17-/m0/s1. The number of benzene rings is 2. The lowest BCUT2D eigenvalue weighted by Gasteiger charge is -2.31. The van der Waals surface area contributed by atoms with Crippen LogP contribution in [-0.2, 0) is 26.2 Å². The summed E-state index contributed by atoms with van der Waals surface area (Å²) in [5, 5.41) is 3.27. The molecule has 2 rings (SSSR count). The van der Waals surface area contributed by atoms with Crippen molar-refractivity contribution in [1.29, 1.82) is 0 Å². The van der Waals surface area contributed by atoms with E-state index < -0.39 is 28.5 Å². The van der Waals surface area contributed by atoms with Gasteiger partial charge in [0.25, 0.3) is 0 Å². The molecule has 0 aliphatic heterocycles. The van der Waals surface area contributed by atoms with Gasteiger partial charge in [-0.1, -0.05) is 41.4 Å². The summed E-state index contributed by atoms with van der Waals surface area (Å²) in [4.78, 5) is 27.1. The largest absolute Gasteiger partial charge is 0.355 e. The fourth-order valence-corrected chi connectivity index (χ4v) is 3.99. The van der Waals surface area contributed by atoms with Crippen molar-refractivity contribution < 1.29 is 18.0 Å². The maximum Gasteiger partial charge on any atom is 0.244 e. The zero-order chi connectivity index (χ0) is 23.2. The molecule has 0 spiro atoms. The van der Waals surface area contributed by atoms with E-state index in [4.69, 9.17) is 11.6 Å². The number of nitrogens with one attached hydrogen (secondary N) is 1. The molecule has 31 heavy (non-hydrogen) atoms. The minimum absolute atomic E-state index is 0.139. The number of carbonyl (C=O) groups excluding carboxylic acids is 2. The van der Waals surface area contributed by atoms with Crippen molar-refractivity contribution >= 4 is 39.1 Å². The van der Waals surface area contributed by atoms with Gasteiger partial charge < -0.3 is 10.2 Å². The Hall–Kier alpha value is -2.58. The average Bonchev–Trinajstić information content (AvgIpc) is 2.71. The number of nitrogens with zero attached hydrogens (tertiary/aromatic N) is 2. The van der Waals surface area contributed by atoms with Crippen LogP contribution >= 0.6 is 11.6 Å². The number of rotatable bonds is 9. The molecule has 7 nitrogen and oxygen atoms in total. The van der Waals surface area contributed by atoms with Gasteiger partial charge in [0.15, 0.2) is 0 Å². The Labute approximate surface area is 189 Å². The molecular formula is C22H28ClN3O4S. The minimum atomic E-state index is -3.73. The quantitative estimate of drug-likeness (QED) is 0.616. The van der Waals surface area contributed by atoms with Crippen LogP contribution in [0, 0.1) is 6.92 Å². The van der Waals surface area contributed by atoms with E-state index >= 15 is 0 Å². The highest BCUT2D eigenvalue weighted by atomic mass is 35.5. The Balaban J connectivity index is 2.35. The summed E-state index contributed by atoms with van der Waals surface area (Å²) in [5.41, 5.74) is 2.13. The van der Waals surface area contributed by atoms with Gasteiger partial charge in [-0.25, -0.2) is 8.42 Å². The molecule has 0 saturated heterocycles. The van der Waals surface area contributed by atoms with Gasteiger partial charge in [0.2, 0.25) is 21.8 Å². The van der Waals surface area contributed by atoms with Crippen molar-refractivity contribution in [2.45, 2.75) is 33.4 Å². The average molecular weight is 466 g/mol. The summed E-state index contributed by atoms with van der Waals surface area (Å²) in [5.74, 6) is -0.800. The summed E-state index contributed by atoms with van der Waals surface area (Å²) < 4.78 is 25.9. The van der Waals surface area contributed by atoms with Crippen molar-refractivity contribution in [3.63, 3.8) is 0 Å². The maximum atomic E-state index is 13.3. The van der Waals surface area contributed by atoms with E-state index in [9.17, 15) is 18.0 Å². The third kappa shape index (κ3) is 6.97. The van der Waals surface area contributed by atoms with Crippen molar-refractivity contribution in [2.75, 3.05) is 23.7 Å². The fraction of sp³-hybridized carbons (Fsp3) is 0.364. The maximum absolute atomic E-state index is 13.3. The van der Waals surface area contributed by atoms with Crippen LogP contribution in [-0.4, -0.2) is 50.5 Å². The van der Waals surface area contributed by atoms with E-state index in [0.717, 1.165) is 21.7 Å². The highest BCUT2D eigenvalue weighted by Crippen LogP contribution is 2.20. The van der Waals surface area contributed by atoms with Crippen LogP contribution in [0.25, 0.3) is 0 Å². The van der Waals surface area contributed by atoms with Crippen molar-refractivity contribution in [2.24, 2.45) is 0 Å². The molecule has 0 aliphatic rings. The van der Waals surface area contributed by atoms with Crippen LogP contribution in [0.3, 0.4) is 0 Å². The molecular weight excluding hydrogens is 438 g/mol. The topological polar surface area (TPSA) is 86.8 Å². The summed E-state index contributed by atoms with van der Waals surface area (Å²) in [6.45, 7) is 5.44. The van der Waals surface area contributed by atoms with Crippen LogP contribution in [0.15, 0.2) is 48.5 Å². The molecule has 2 amide bonds. The Kier molecular flexibility index (Phi) is 8.47.